The molecule has 6 nitrogen and oxygen atoms in total. The molecule has 0 aliphatic rings. The van der Waals surface area contributed by atoms with Gasteiger partial charge in [0.15, 0.2) is 0 Å². The highest BCUT2D eigenvalue weighted by Crippen LogP contribution is 2.24. The van der Waals surface area contributed by atoms with Crippen LogP contribution in [-0.2, 0) is 20.1 Å². The van der Waals surface area contributed by atoms with E-state index in [1.54, 1.807) is 26.0 Å². The van der Waals surface area contributed by atoms with Crippen LogP contribution in [0.25, 0.3) is 0 Å². The quantitative estimate of drug-likeness (QED) is 0.540. The molecule has 3 amide bonds. The van der Waals surface area contributed by atoms with Crippen molar-refractivity contribution >= 4 is 52.7 Å². The minimum absolute atomic E-state index is 0.117. The fraction of sp³-hybridized carbons (Fsp3) is 0.357. The average molecular weight is 378 g/mol. The molecule has 0 saturated heterocycles. The van der Waals surface area contributed by atoms with Gasteiger partial charge in [0.05, 0.1) is 15.8 Å². The largest absolute Gasteiger partial charge is 0.346 e. The molecule has 0 bridgehead atoms. The number of thioether (sulfide) groups is 1. The van der Waals surface area contributed by atoms with E-state index >= 15 is 0 Å². The van der Waals surface area contributed by atoms with Gasteiger partial charge in [-0.05, 0) is 31.5 Å². The van der Waals surface area contributed by atoms with Crippen LogP contribution in [0.1, 0.15) is 19.4 Å². The summed E-state index contributed by atoms with van der Waals surface area (Å²) in [6.07, 6.45) is 0. The normalized spacial score (nSPS) is 10.3. The monoisotopic (exact) mass is 377 g/mol. The number of hydrogen-bond acceptors (Lipinski definition) is 4. The van der Waals surface area contributed by atoms with Gasteiger partial charge in [-0.1, -0.05) is 29.3 Å². The first-order chi connectivity index (χ1) is 10.8. The first kappa shape index (κ1) is 19.6. The zero-order valence-electron chi connectivity index (χ0n) is 12.6. The highest BCUT2D eigenvalue weighted by atomic mass is 35.5. The molecule has 0 heterocycles. The van der Waals surface area contributed by atoms with E-state index in [4.69, 9.17) is 23.2 Å². The Morgan fingerprint density at radius 3 is 2.39 bits per heavy atom. The first-order valence-corrected chi connectivity index (χ1v) is 8.62. The topological polar surface area (TPSA) is 87.3 Å². The number of carbonyl (C=O) groups is 3. The second kappa shape index (κ2) is 9.64. The molecule has 0 saturated carbocycles. The number of rotatable bonds is 5. The molecule has 3 N–H and O–H groups in total. The lowest BCUT2D eigenvalue weighted by atomic mass is 10.2. The molecular formula is C14H17Cl2N3O3S. The molecule has 0 fully saturated rings. The fourth-order valence-electron chi connectivity index (χ4n) is 1.44. The third kappa shape index (κ3) is 7.58. The molecule has 9 heteroatoms. The van der Waals surface area contributed by atoms with Crippen LogP contribution in [0, 0.1) is 0 Å². The molecular weight excluding hydrogens is 361 g/mol. The third-order valence-corrected chi connectivity index (χ3v) is 4.17. The summed E-state index contributed by atoms with van der Waals surface area (Å²) in [5.74, 6) is -1.45. The smallest absolute Gasteiger partial charge is 0.327 e. The zero-order valence-corrected chi connectivity index (χ0v) is 14.9. The van der Waals surface area contributed by atoms with Gasteiger partial charge in [-0.15, -0.1) is 11.8 Å². The van der Waals surface area contributed by atoms with Gasteiger partial charge in [0, 0.05) is 11.8 Å². The van der Waals surface area contributed by atoms with Gasteiger partial charge in [0.25, 0.3) is 0 Å². The minimum atomic E-state index is -0.915. The Kier molecular flexibility index (Phi) is 8.22. The van der Waals surface area contributed by atoms with E-state index in [1.165, 1.54) is 11.8 Å². The van der Waals surface area contributed by atoms with Gasteiger partial charge in [-0.25, -0.2) is 0 Å². The summed E-state index contributed by atoms with van der Waals surface area (Å²) in [5.41, 5.74) is 5.15. The molecule has 0 spiro atoms. The number of halogens is 2. The number of carbonyl (C=O) groups excluding carboxylic acids is 3. The van der Waals surface area contributed by atoms with Gasteiger partial charge in [0.2, 0.25) is 5.91 Å². The Morgan fingerprint density at radius 1 is 1.09 bits per heavy atom. The van der Waals surface area contributed by atoms with Crippen molar-refractivity contribution in [3.8, 4) is 0 Å². The Labute approximate surface area is 148 Å². The molecule has 1 rings (SSSR count). The first-order valence-electron chi connectivity index (χ1n) is 6.71. The molecule has 0 aromatic heterocycles. The molecule has 0 atom stereocenters. The molecule has 0 aliphatic carbocycles. The predicted octanol–water partition coefficient (Wildman–Crippen LogP) is 1.90. The van der Waals surface area contributed by atoms with Gasteiger partial charge < -0.3 is 5.32 Å². The van der Waals surface area contributed by atoms with Crippen LogP contribution < -0.4 is 16.2 Å². The Bertz CT molecular complexity index is 597. The predicted molar refractivity (Wildman–Crippen MR) is 92.2 cm³/mol. The molecule has 0 radical (unpaired) electrons. The van der Waals surface area contributed by atoms with Crippen molar-refractivity contribution in [2.24, 2.45) is 0 Å². The second-order valence-corrected chi connectivity index (χ2v) is 6.67. The summed E-state index contributed by atoms with van der Waals surface area (Å²) >= 11 is 13.1. The maximum absolute atomic E-state index is 11.6. The van der Waals surface area contributed by atoms with Crippen molar-refractivity contribution < 1.29 is 14.4 Å². The maximum Gasteiger partial charge on any atom is 0.327 e. The van der Waals surface area contributed by atoms with Crippen LogP contribution in [-0.4, -0.2) is 29.5 Å². The standard InChI is InChI=1S/C14H17Cl2N3O3S/c1-8(2)17-13(21)14(22)19-18-12(20)7-23-6-9-3-4-10(15)11(16)5-9/h3-5,8H,6-7H2,1-2H3,(H,17,21)(H,18,20)(H,19,22). The van der Waals surface area contributed by atoms with E-state index in [0.717, 1.165) is 5.56 Å². The van der Waals surface area contributed by atoms with Gasteiger partial charge >= 0.3 is 11.8 Å². The number of hydrazine groups is 1. The zero-order chi connectivity index (χ0) is 17.4. The summed E-state index contributed by atoms with van der Waals surface area (Å²) in [6, 6.07) is 5.07. The molecule has 23 heavy (non-hydrogen) atoms. The van der Waals surface area contributed by atoms with Crippen molar-refractivity contribution in [3.63, 3.8) is 0 Å². The SMILES string of the molecule is CC(C)NC(=O)C(=O)NNC(=O)CSCc1ccc(Cl)c(Cl)c1. The van der Waals surface area contributed by atoms with Crippen LogP contribution >= 0.6 is 35.0 Å². The second-order valence-electron chi connectivity index (χ2n) is 4.87. The summed E-state index contributed by atoms with van der Waals surface area (Å²) < 4.78 is 0. The van der Waals surface area contributed by atoms with Crippen LogP contribution in [0.3, 0.4) is 0 Å². The third-order valence-electron chi connectivity index (χ3n) is 2.43. The summed E-state index contributed by atoms with van der Waals surface area (Å²) in [7, 11) is 0. The lowest BCUT2D eigenvalue weighted by Crippen LogP contribution is -2.50. The number of nitrogens with one attached hydrogen (secondary N) is 3. The van der Waals surface area contributed by atoms with E-state index in [-0.39, 0.29) is 11.8 Å². The summed E-state index contributed by atoms with van der Waals surface area (Å²) in [6.45, 7) is 3.45. The molecule has 0 aliphatic heterocycles. The number of amides is 3. The Morgan fingerprint density at radius 2 is 1.78 bits per heavy atom. The number of hydrogen-bond donors (Lipinski definition) is 3. The number of benzene rings is 1. The average Bonchev–Trinajstić information content (AvgIpc) is 2.47. The van der Waals surface area contributed by atoms with Crippen molar-refractivity contribution in [1.82, 2.24) is 16.2 Å². The van der Waals surface area contributed by atoms with Crippen molar-refractivity contribution in [1.29, 1.82) is 0 Å². The molecule has 1 aromatic rings. The van der Waals surface area contributed by atoms with Crippen molar-refractivity contribution in [2.45, 2.75) is 25.6 Å². The highest BCUT2D eigenvalue weighted by Gasteiger charge is 2.14. The Hall–Kier alpha value is -1.44. The van der Waals surface area contributed by atoms with Crippen molar-refractivity contribution in [3.05, 3.63) is 33.8 Å². The van der Waals surface area contributed by atoms with Gasteiger partial charge in [-0.2, -0.15) is 0 Å². The Balaban J connectivity index is 2.28. The summed E-state index contributed by atoms with van der Waals surface area (Å²) in [5, 5.41) is 3.34. The molecule has 126 valence electrons. The molecule has 1 aromatic carbocycles. The van der Waals surface area contributed by atoms with Crippen LogP contribution in [0.2, 0.25) is 10.0 Å². The lowest BCUT2D eigenvalue weighted by molar-refractivity contribution is -0.141. The lowest BCUT2D eigenvalue weighted by Gasteiger charge is -2.09. The van der Waals surface area contributed by atoms with Crippen molar-refractivity contribution in [2.75, 3.05) is 5.75 Å². The molecule has 0 unspecified atom stereocenters. The van der Waals surface area contributed by atoms with Gasteiger partial charge in [-0.3, -0.25) is 25.2 Å². The maximum atomic E-state index is 11.6. The minimum Gasteiger partial charge on any atom is -0.346 e. The van der Waals surface area contributed by atoms with E-state index in [1.807, 2.05) is 6.07 Å². The van der Waals surface area contributed by atoms with Crippen LogP contribution in [0.5, 0.6) is 0 Å². The van der Waals surface area contributed by atoms with E-state index in [2.05, 4.69) is 16.2 Å². The fourth-order valence-corrected chi connectivity index (χ4v) is 2.53. The van der Waals surface area contributed by atoms with Gasteiger partial charge in [0.1, 0.15) is 0 Å². The van der Waals surface area contributed by atoms with Crippen LogP contribution in [0.4, 0.5) is 0 Å². The van der Waals surface area contributed by atoms with E-state index < -0.39 is 17.7 Å². The van der Waals surface area contributed by atoms with E-state index in [9.17, 15) is 14.4 Å². The summed E-state index contributed by atoms with van der Waals surface area (Å²) in [4.78, 5) is 34.3. The van der Waals surface area contributed by atoms with E-state index in [0.29, 0.717) is 15.8 Å². The highest BCUT2D eigenvalue weighted by molar-refractivity contribution is 7.99. The van der Waals surface area contributed by atoms with Crippen LogP contribution in [0.15, 0.2) is 18.2 Å².